The first-order valence-corrected chi connectivity index (χ1v) is 8.65. The minimum absolute atomic E-state index is 0.188. The summed E-state index contributed by atoms with van der Waals surface area (Å²) in [6, 6.07) is 5.04. The van der Waals surface area contributed by atoms with E-state index >= 15 is 0 Å². The molecule has 0 spiro atoms. The van der Waals surface area contributed by atoms with Crippen molar-refractivity contribution in [1.29, 1.82) is 0 Å². The topological polar surface area (TPSA) is 20.2 Å². The number of alkyl halides is 11. The Balaban J connectivity index is 3.38. The van der Waals surface area contributed by atoms with Crippen LogP contribution in [0.25, 0.3) is 0 Å². The van der Waals surface area contributed by atoms with Gasteiger partial charge in [0, 0.05) is 0 Å². The molecular formula is C18H19F11O. The average molecular weight is 460 g/mol. The summed E-state index contributed by atoms with van der Waals surface area (Å²) >= 11 is 0. The van der Waals surface area contributed by atoms with Crippen LogP contribution in [0.15, 0.2) is 24.3 Å². The van der Waals surface area contributed by atoms with Gasteiger partial charge in [-0.25, -0.2) is 0 Å². The lowest BCUT2D eigenvalue weighted by molar-refractivity contribution is -0.424. The Bertz CT molecular complexity index is 723. The normalized spacial score (nSPS) is 16.5. The molecule has 174 valence electrons. The Hall–Kier alpha value is -1.59. The fraction of sp³-hybridized carbons (Fsp3) is 0.667. The van der Waals surface area contributed by atoms with Crippen molar-refractivity contribution in [3.8, 4) is 0 Å². The van der Waals surface area contributed by atoms with Crippen molar-refractivity contribution in [1.82, 2.24) is 0 Å². The van der Waals surface area contributed by atoms with E-state index in [0.717, 1.165) is 6.07 Å². The standard InChI is InChI=1S/C18H19F11O/c1-3-4-7-11-8-5-6-9-12(11)13(2,30)10-14(19,20)15(21,22)16(23,24)17(25,26)18(27,28)29/h5-6,8-9,30H,3-4,7,10H2,1-2H3. The highest BCUT2D eigenvalue weighted by molar-refractivity contribution is 5.32. The van der Waals surface area contributed by atoms with Crippen LogP contribution in [0, 0.1) is 0 Å². The lowest BCUT2D eigenvalue weighted by atomic mass is 9.82. The molecule has 1 rings (SSSR count). The van der Waals surface area contributed by atoms with Crippen LogP contribution in [-0.4, -0.2) is 35.0 Å². The van der Waals surface area contributed by atoms with E-state index in [-0.39, 0.29) is 17.5 Å². The van der Waals surface area contributed by atoms with Gasteiger partial charge < -0.3 is 5.11 Å². The van der Waals surface area contributed by atoms with E-state index in [9.17, 15) is 53.4 Å². The Labute approximate surface area is 164 Å². The van der Waals surface area contributed by atoms with Gasteiger partial charge in [-0.3, -0.25) is 0 Å². The summed E-state index contributed by atoms with van der Waals surface area (Å²) in [5.41, 5.74) is -3.10. The van der Waals surface area contributed by atoms with Crippen molar-refractivity contribution < 1.29 is 53.4 Å². The Morgan fingerprint density at radius 3 is 1.73 bits per heavy atom. The molecule has 1 nitrogen and oxygen atoms in total. The Morgan fingerprint density at radius 2 is 1.27 bits per heavy atom. The molecule has 0 aliphatic rings. The molecule has 0 fully saturated rings. The van der Waals surface area contributed by atoms with Crippen LogP contribution in [0.4, 0.5) is 48.3 Å². The molecule has 0 bridgehead atoms. The minimum Gasteiger partial charge on any atom is -0.385 e. The van der Waals surface area contributed by atoms with E-state index in [1.165, 1.54) is 18.2 Å². The molecule has 0 aromatic heterocycles. The summed E-state index contributed by atoms with van der Waals surface area (Å²) in [4.78, 5) is 0. The molecule has 0 heterocycles. The van der Waals surface area contributed by atoms with Crippen LogP contribution in [0.1, 0.15) is 44.2 Å². The lowest BCUT2D eigenvalue weighted by Crippen LogP contribution is -2.67. The predicted molar refractivity (Wildman–Crippen MR) is 85.1 cm³/mol. The van der Waals surface area contributed by atoms with Crippen molar-refractivity contribution in [2.24, 2.45) is 0 Å². The van der Waals surface area contributed by atoms with Crippen molar-refractivity contribution in [2.75, 3.05) is 0 Å². The molecule has 30 heavy (non-hydrogen) atoms. The van der Waals surface area contributed by atoms with Gasteiger partial charge in [0.25, 0.3) is 0 Å². The van der Waals surface area contributed by atoms with Crippen molar-refractivity contribution in [3.63, 3.8) is 0 Å². The molecular weight excluding hydrogens is 441 g/mol. The number of hydrogen-bond donors (Lipinski definition) is 1. The van der Waals surface area contributed by atoms with E-state index in [0.29, 0.717) is 19.8 Å². The molecule has 12 heteroatoms. The number of hydrogen-bond acceptors (Lipinski definition) is 1. The number of aryl methyl sites for hydroxylation is 1. The zero-order valence-corrected chi connectivity index (χ0v) is 15.7. The number of unbranched alkanes of at least 4 members (excludes halogenated alkanes) is 1. The molecule has 0 saturated heterocycles. The Kier molecular flexibility index (Phi) is 7.19. The monoisotopic (exact) mass is 460 g/mol. The molecule has 1 aromatic rings. The smallest absolute Gasteiger partial charge is 0.385 e. The van der Waals surface area contributed by atoms with Gasteiger partial charge >= 0.3 is 29.9 Å². The largest absolute Gasteiger partial charge is 0.460 e. The molecule has 0 radical (unpaired) electrons. The van der Waals surface area contributed by atoms with Gasteiger partial charge in [0.1, 0.15) is 0 Å². The first-order valence-electron chi connectivity index (χ1n) is 8.65. The van der Waals surface area contributed by atoms with Crippen LogP contribution in [0.3, 0.4) is 0 Å². The summed E-state index contributed by atoms with van der Waals surface area (Å²) in [6.45, 7) is 2.32. The Morgan fingerprint density at radius 1 is 0.767 bits per heavy atom. The van der Waals surface area contributed by atoms with Gasteiger partial charge in [-0.05, 0) is 30.9 Å². The summed E-state index contributed by atoms with van der Waals surface area (Å²) in [5.74, 6) is -28.2. The molecule has 1 aromatic carbocycles. The summed E-state index contributed by atoms with van der Waals surface area (Å²) in [7, 11) is 0. The maximum Gasteiger partial charge on any atom is 0.460 e. The molecule has 0 aliphatic carbocycles. The highest BCUT2D eigenvalue weighted by Crippen LogP contribution is 2.59. The number of halogens is 11. The summed E-state index contributed by atoms with van der Waals surface area (Å²) in [6.07, 6.45) is -8.46. The lowest BCUT2D eigenvalue weighted by Gasteiger charge is -2.39. The average Bonchev–Trinajstić information content (AvgIpc) is 2.57. The summed E-state index contributed by atoms with van der Waals surface area (Å²) < 4.78 is 145. The van der Waals surface area contributed by atoms with E-state index in [4.69, 9.17) is 0 Å². The quantitative estimate of drug-likeness (QED) is 0.405. The summed E-state index contributed by atoms with van der Waals surface area (Å²) in [5, 5.41) is 10.3. The molecule has 0 saturated carbocycles. The van der Waals surface area contributed by atoms with Gasteiger partial charge in [-0.15, -0.1) is 0 Å². The zero-order valence-electron chi connectivity index (χ0n) is 15.7. The first kappa shape index (κ1) is 26.4. The van der Waals surface area contributed by atoms with Crippen LogP contribution in [0.5, 0.6) is 0 Å². The van der Waals surface area contributed by atoms with E-state index < -0.39 is 41.9 Å². The second-order valence-electron chi connectivity index (χ2n) is 7.14. The van der Waals surface area contributed by atoms with Gasteiger partial charge in [0.15, 0.2) is 0 Å². The third-order valence-electron chi connectivity index (χ3n) is 4.57. The van der Waals surface area contributed by atoms with E-state index in [2.05, 4.69) is 0 Å². The van der Waals surface area contributed by atoms with Crippen LogP contribution in [0.2, 0.25) is 0 Å². The molecule has 1 unspecified atom stereocenters. The van der Waals surface area contributed by atoms with Crippen LogP contribution < -0.4 is 0 Å². The van der Waals surface area contributed by atoms with Crippen molar-refractivity contribution >= 4 is 0 Å². The second kappa shape index (κ2) is 8.16. The second-order valence-corrected chi connectivity index (χ2v) is 7.14. The third-order valence-corrected chi connectivity index (χ3v) is 4.57. The van der Waals surface area contributed by atoms with Gasteiger partial charge in [0.2, 0.25) is 0 Å². The van der Waals surface area contributed by atoms with Crippen molar-refractivity contribution in [3.05, 3.63) is 35.4 Å². The first-order chi connectivity index (χ1) is 13.3. The van der Waals surface area contributed by atoms with Gasteiger partial charge in [0.05, 0.1) is 12.0 Å². The van der Waals surface area contributed by atoms with Gasteiger partial charge in [-0.2, -0.15) is 48.3 Å². The maximum atomic E-state index is 14.1. The number of rotatable bonds is 9. The predicted octanol–water partition coefficient (Wildman–Crippen LogP) is 6.73. The molecule has 1 atom stereocenters. The molecule has 0 aliphatic heterocycles. The van der Waals surface area contributed by atoms with Crippen LogP contribution in [-0.2, 0) is 12.0 Å². The van der Waals surface area contributed by atoms with Gasteiger partial charge in [-0.1, -0.05) is 37.6 Å². The number of aliphatic hydroxyl groups is 1. The van der Waals surface area contributed by atoms with E-state index in [1.54, 1.807) is 6.92 Å². The minimum atomic E-state index is -7.49. The van der Waals surface area contributed by atoms with E-state index in [1.807, 2.05) is 0 Å². The highest BCUT2D eigenvalue weighted by Gasteiger charge is 2.87. The zero-order chi connectivity index (χ0) is 23.8. The third kappa shape index (κ3) is 4.52. The maximum absolute atomic E-state index is 14.1. The number of benzene rings is 1. The molecule has 0 amide bonds. The van der Waals surface area contributed by atoms with Crippen LogP contribution >= 0.6 is 0 Å². The fourth-order valence-electron chi connectivity index (χ4n) is 2.87. The molecule has 1 N–H and O–H groups in total. The van der Waals surface area contributed by atoms with Crippen molar-refractivity contribution in [2.45, 2.75) is 75.0 Å². The highest BCUT2D eigenvalue weighted by atomic mass is 19.4. The SMILES string of the molecule is CCCCc1ccccc1C(C)(O)CC(F)(F)C(F)(F)C(F)(F)C(F)(F)C(F)(F)F. The fourth-order valence-corrected chi connectivity index (χ4v) is 2.87.